The van der Waals surface area contributed by atoms with Crippen LogP contribution < -0.4 is 15.8 Å². The third-order valence-electron chi connectivity index (χ3n) is 5.19. The van der Waals surface area contributed by atoms with E-state index < -0.39 is 73.8 Å². The maximum atomic E-state index is 13.5. The zero-order valence-electron chi connectivity index (χ0n) is 18.6. The van der Waals surface area contributed by atoms with E-state index in [0.717, 1.165) is 24.5 Å². The number of rotatable bonds is 6. The van der Waals surface area contributed by atoms with Gasteiger partial charge in [0, 0.05) is 26.0 Å². The Bertz CT molecular complexity index is 1300. The number of alkyl halides is 3. The first-order chi connectivity index (χ1) is 16.6. The largest absolute Gasteiger partial charge is 0.501 e. The van der Waals surface area contributed by atoms with Crippen molar-refractivity contribution in [2.75, 3.05) is 19.5 Å². The summed E-state index contributed by atoms with van der Waals surface area (Å²) in [4.78, 5) is 31.3. The van der Waals surface area contributed by atoms with Crippen molar-refractivity contribution in [3.8, 4) is 11.6 Å². The molecule has 1 saturated heterocycles. The molecule has 1 amide bonds. The predicted molar refractivity (Wildman–Crippen MR) is 112 cm³/mol. The van der Waals surface area contributed by atoms with E-state index in [1.807, 2.05) is 0 Å². The van der Waals surface area contributed by atoms with Crippen molar-refractivity contribution in [2.45, 2.75) is 36.0 Å². The summed E-state index contributed by atoms with van der Waals surface area (Å²) in [5.74, 6) is -7.67. The van der Waals surface area contributed by atoms with Crippen LogP contribution in [-0.4, -0.2) is 61.0 Å². The van der Waals surface area contributed by atoms with Crippen LogP contribution >= 0.6 is 0 Å². The van der Waals surface area contributed by atoms with E-state index in [1.54, 1.807) is 0 Å². The zero-order chi connectivity index (χ0) is 26.9. The molecule has 1 aliphatic heterocycles. The minimum atomic E-state index is -5.44. The number of sulfone groups is 1. The quantitative estimate of drug-likeness (QED) is 0.359. The second kappa shape index (κ2) is 9.94. The highest BCUT2D eigenvalue weighted by Crippen LogP contribution is 2.34. The standard InChI is InChI=1S/C20H20F4N4O7S/c1-36(32,33)12-8-11(21)3-2-10(12)9-26-15(30)13-14(29)16(35-18(31)20(22,23)24)28-17(27-13)19(25)4-6-34-7-5-19/h2-3,8,29H,4-7,9,25H2,1H3,(H,26,30). The van der Waals surface area contributed by atoms with Gasteiger partial charge in [-0.25, -0.2) is 22.6 Å². The van der Waals surface area contributed by atoms with Gasteiger partial charge < -0.3 is 25.6 Å². The fourth-order valence-corrected chi connectivity index (χ4v) is 4.21. The molecule has 0 saturated carbocycles. The first-order valence-corrected chi connectivity index (χ1v) is 12.0. The van der Waals surface area contributed by atoms with E-state index in [9.17, 15) is 40.7 Å². The van der Waals surface area contributed by atoms with Crippen molar-refractivity contribution in [2.24, 2.45) is 5.73 Å². The molecule has 16 heteroatoms. The fourth-order valence-electron chi connectivity index (χ4n) is 3.27. The van der Waals surface area contributed by atoms with Crippen LogP contribution in [-0.2, 0) is 31.5 Å². The average molecular weight is 536 g/mol. The Labute approximate surface area is 201 Å². The molecule has 1 aromatic heterocycles. The van der Waals surface area contributed by atoms with E-state index in [2.05, 4.69) is 20.0 Å². The second-order valence-electron chi connectivity index (χ2n) is 7.91. The number of carbonyl (C=O) groups excluding carboxylic acids is 2. The zero-order valence-corrected chi connectivity index (χ0v) is 19.4. The third-order valence-corrected chi connectivity index (χ3v) is 6.37. The monoisotopic (exact) mass is 536 g/mol. The number of benzene rings is 1. The van der Waals surface area contributed by atoms with Gasteiger partial charge in [-0.15, -0.1) is 0 Å². The fraction of sp³-hybridized carbons (Fsp3) is 0.400. The van der Waals surface area contributed by atoms with Gasteiger partial charge in [0.25, 0.3) is 11.8 Å². The van der Waals surface area contributed by atoms with E-state index in [0.29, 0.717) is 0 Å². The number of aromatic hydroxyl groups is 1. The van der Waals surface area contributed by atoms with Gasteiger partial charge in [0.1, 0.15) is 5.82 Å². The first-order valence-electron chi connectivity index (χ1n) is 10.2. The number of hydrogen-bond donors (Lipinski definition) is 3. The Morgan fingerprint density at radius 1 is 1.25 bits per heavy atom. The molecular weight excluding hydrogens is 516 g/mol. The summed E-state index contributed by atoms with van der Waals surface area (Å²) in [5.41, 5.74) is 3.95. The summed E-state index contributed by atoms with van der Waals surface area (Å²) in [6, 6.07) is 2.80. The molecule has 4 N–H and O–H groups in total. The van der Waals surface area contributed by atoms with Crippen LogP contribution in [0.4, 0.5) is 17.6 Å². The molecule has 36 heavy (non-hydrogen) atoms. The SMILES string of the molecule is CS(=O)(=O)c1cc(F)ccc1CNC(=O)c1nc(C2(N)CCOCC2)nc(OC(=O)C(F)(F)F)c1O. The lowest BCUT2D eigenvalue weighted by molar-refractivity contribution is -0.190. The number of aromatic nitrogens is 2. The highest BCUT2D eigenvalue weighted by Gasteiger charge is 2.43. The van der Waals surface area contributed by atoms with Crippen LogP contribution in [0.15, 0.2) is 23.1 Å². The molecule has 2 heterocycles. The molecule has 11 nitrogen and oxygen atoms in total. The van der Waals surface area contributed by atoms with Gasteiger partial charge in [0.2, 0.25) is 5.75 Å². The summed E-state index contributed by atoms with van der Waals surface area (Å²) in [5, 5.41) is 12.6. The van der Waals surface area contributed by atoms with Crippen molar-refractivity contribution in [3.63, 3.8) is 0 Å². The summed E-state index contributed by atoms with van der Waals surface area (Å²) in [7, 11) is -3.90. The Hall–Kier alpha value is -3.37. The molecule has 0 unspecified atom stereocenters. The topological polar surface area (TPSA) is 171 Å². The van der Waals surface area contributed by atoms with Crippen LogP contribution in [0.25, 0.3) is 0 Å². The maximum Gasteiger partial charge on any atom is 0.491 e. The van der Waals surface area contributed by atoms with Crippen LogP contribution in [0, 0.1) is 5.82 Å². The third kappa shape index (κ3) is 6.06. The molecule has 0 aliphatic carbocycles. The molecule has 2 aromatic rings. The van der Waals surface area contributed by atoms with Gasteiger partial charge >= 0.3 is 12.1 Å². The Morgan fingerprint density at radius 3 is 2.47 bits per heavy atom. The van der Waals surface area contributed by atoms with Gasteiger partial charge in [-0.05, 0) is 30.5 Å². The van der Waals surface area contributed by atoms with E-state index in [4.69, 9.17) is 10.5 Å². The van der Waals surface area contributed by atoms with E-state index >= 15 is 0 Å². The smallest absolute Gasteiger partial charge is 0.491 e. The Morgan fingerprint density at radius 2 is 1.89 bits per heavy atom. The number of nitrogens with zero attached hydrogens (tertiary/aromatic N) is 2. The number of halogens is 4. The van der Waals surface area contributed by atoms with Gasteiger partial charge in [0.05, 0.1) is 10.4 Å². The summed E-state index contributed by atoms with van der Waals surface area (Å²) < 4.78 is 85.0. The average Bonchev–Trinajstić information content (AvgIpc) is 2.78. The minimum absolute atomic E-state index is 0.0236. The summed E-state index contributed by atoms with van der Waals surface area (Å²) in [6.07, 6.45) is -4.42. The lowest BCUT2D eigenvalue weighted by atomic mass is 9.90. The molecule has 1 aromatic carbocycles. The molecule has 3 rings (SSSR count). The summed E-state index contributed by atoms with van der Waals surface area (Å²) >= 11 is 0. The van der Waals surface area contributed by atoms with Crippen LogP contribution in [0.3, 0.4) is 0 Å². The number of nitrogens with one attached hydrogen (secondary N) is 1. The highest BCUT2D eigenvalue weighted by molar-refractivity contribution is 7.90. The molecule has 0 spiro atoms. The van der Waals surface area contributed by atoms with Crippen LogP contribution in [0.5, 0.6) is 11.6 Å². The van der Waals surface area contributed by atoms with Gasteiger partial charge in [-0.1, -0.05) is 6.07 Å². The Balaban J connectivity index is 1.99. The first kappa shape index (κ1) is 27.2. The van der Waals surface area contributed by atoms with Crippen molar-refractivity contribution < 1.29 is 50.1 Å². The van der Waals surface area contributed by atoms with E-state index in [1.165, 1.54) is 0 Å². The lowest BCUT2D eigenvalue weighted by Crippen LogP contribution is -2.44. The molecule has 1 aliphatic rings. The lowest BCUT2D eigenvalue weighted by Gasteiger charge is -2.32. The van der Waals surface area contributed by atoms with E-state index in [-0.39, 0.29) is 31.6 Å². The number of amides is 1. The Kier molecular flexibility index (Phi) is 7.52. The number of nitrogens with two attached hydrogens (primary N) is 1. The van der Waals surface area contributed by atoms with Crippen molar-refractivity contribution >= 4 is 21.7 Å². The summed E-state index contributed by atoms with van der Waals surface area (Å²) in [6.45, 7) is -0.225. The number of ether oxygens (including phenoxy) is 2. The normalized spacial score (nSPS) is 15.8. The highest BCUT2D eigenvalue weighted by atomic mass is 32.2. The van der Waals surface area contributed by atoms with Gasteiger partial charge in [-0.3, -0.25) is 4.79 Å². The number of esters is 1. The van der Waals surface area contributed by atoms with Crippen molar-refractivity contribution in [3.05, 3.63) is 41.1 Å². The minimum Gasteiger partial charge on any atom is -0.501 e. The molecular formula is C20H20F4N4O7S. The second-order valence-corrected chi connectivity index (χ2v) is 9.90. The molecule has 0 bridgehead atoms. The predicted octanol–water partition coefficient (Wildman–Crippen LogP) is 1.09. The van der Waals surface area contributed by atoms with Crippen molar-refractivity contribution in [1.29, 1.82) is 0 Å². The van der Waals surface area contributed by atoms with Crippen LogP contribution in [0.2, 0.25) is 0 Å². The molecule has 0 atom stereocenters. The molecule has 196 valence electrons. The van der Waals surface area contributed by atoms with Gasteiger partial charge in [-0.2, -0.15) is 18.2 Å². The molecule has 0 radical (unpaired) electrons. The number of carbonyl (C=O) groups is 2. The van der Waals surface area contributed by atoms with Crippen LogP contribution in [0.1, 0.15) is 34.7 Å². The number of hydrogen-bond acceptors (Lipinski definition) is 10. The van der Waals surface area contributed by atoms with Crippen molar-refractivity contribution in [1.82, 2.24) is 15.3 Å². The molecule has 1 fully saturated rings. The van der Waals surface area contributed by atoms with Gasteiger partial charge in [0.15, 0.2) is 21.4 Å². The maximum absolute atomic E-state index is 13.5.